The molecule has 3 heterocycles. The minimum Gasteiger partial charge on any atom is -0.494 e. The first-order valence-corrected chi connectivity index (χ1v) is 16.9. The number of anilines is 1. The van der Waals surface area contributed by atoms with Gasteiger partial charge in [0.1, 0.15) is 5.75 Å². The molecule has 0 aliphatic carbocycles. The Hall–Kier alpha value is -3.36. The predicted molar refractivity (Wildman–Crippen MR) is 180 cm³/mol. The molecule has 1 fully saturated rings. The molecule has 0 N–H and O–H groups in total. The number of hydrogen-bond acceptors (Lipinski definition) is 6. The summed E-state index contributed by atoms with van der Waals surface area (Å²) in [5.41, 5.74) is 2.20. The topological polar surface area (TPSA) is 58.0 Å². The quantitative estimate of drug-likeness (QED) is 0.143. The van der Waals surface area contributed by atoms with Gasteiger partial charge in [-0.05, 0) is 85.8 Å². The summed E-state index contributed by atoms with van der Waals surface area (Å²) in [7, 11) is 0. The molecule has 2 aromatic carbocycles. The second-order valence-corrected chi connectivity index (χ2v) is 12.5. The molecule has 0 saturated carbocycles. The van der Waals surface area contributed by atoms with Gasteiger partial charge in [-0.3, -0.25) is 14.5 Å². The Bertz CT molecular complexity index is 1530. The Morgan fingerprint density at radius 2 is 1.70 bits per heavy atom. The van der Waals surface area contributed by atoms with Gasteiger partial charge in [-0.1, -0.05) is 19.9 Å². The molecule has 2 aromatic heterocycles. The Morgan fingerprint density at radius 3 is 2.49 bits per heavy atom. The normalized spacial score (nSPS) is 14.0. The number of fused-ring (bicyclic) bond motifs is 2. The Morgan fingerprint density at radius 1 is 0.907 bits per heavy atom. The van der Waals surface area contributed by atoms with E-state index in [0.29, 0.717) is 26.0 Å². The van der Waals surface area contributed by atoms with Crippen LogP contribution in [0.15, 0.2) is 64.8 Å². The number of nitrogens with zero attached hydrogens (tertiary/aromatic N) is 4. The molecule has 0 spiro atoms. The summed E-state index contributed by atoms with van der Waals surface area (Å²) in [4.78, 5) is 32.5. The third kappa shape index (κ3) is 7.98. The lowest BCUT2D eigenvalue weighted by Gasteiger charge is -2.36. The van der Waals surface area contributed by atoms with Gasteiger partial charge in [-0.25, -0.2) is 0 Å². The van der Waals surface area contributed by atoms with E-state index in [2.05, 4.69) is 53.3 Å². The Kier molecular flexibility index (Phi) is 11.1. The van der Waals surface area contributed by atoms with Gasteiger partial charge in [0.25, 0.3) is 5.56 Å². The third-order valence-corrected chi connectivity index (χ3v) is 9.28. The van der Waals surface area contributed by atoms with Gasteiger partial charge in [0, 0.05) is 80.1 Å². The lowest BCUT2D eigenvalue weighted by atomic mass is 10.1. The number of unbranched alkanes of at least 4 members (excludes halogenated alkanes) is 1. The van der Waals surface area contributed by atoms with Crippen LogP contribution in [0.25, 0.3) is 21.0 Å². The molecule has 0 atom stereocenters. The van der Waals surface area contributed by atoms with Crippen molar-refractivity contribution in [1.82, 2.24) is 14.4 Å². The second-order valence-electron chi connectivity index (χ2n) is 11.5. The molecule has 1 saturated heterocycles. The van der Waals surface area contributed by atoms with Crippen LogP contribution < -0.4 is 15.2 Å². The first-order chi connectivity index (χ1) is 21.1. The zero-order valence-corrected chi connectivity index (χ0v) is 26.6. The first-order valence-electron chi connectivity index (χ1n) is 16.0. The summed E-state index contributed by atoms with van der Waals surface area (Å²) in [5.74, 6) is 0.968. The summed E-state index contributed by atoms with van der Waals surface area (Å²) >= 11 is 1.81. The van der Waals surface area contributed by atoms with Crippen molar-refractivity contribution in [2.45, 2.75) is 58.9 Å². The average Bonchev–Trinajstić information content (AvgIpc) is 3.51. The number of pyridine rings is 1. The number of rotatable bonds is 15. The van der Waals surface area contributed by atoms with Gasteiger partial charge >= 0.3 is 0 Å². The third-order valence-electron chi connectivity index (χ3n) is 8.40. The highest BCUT2D eigenvalue weighted by Gasteiger charge is 2.18. The predicted octanol–water partition coefficient (Wildman–Crippen LogP) is 6.63. The van der Waals surface area contributed by atoms with Gasteiger partial charge < -0.3 is 19.1 Å². The van der Waals surface area contributed by atoms with Crippen LogP contribution in [-0.4, -0.2) is 72.7 Å². The lowest BCUT2D eigenvalue weighted by molar-refractivity contribution is -0.131. The molecule has 5 rings (SSSR count). The van der Waals surface area contributed by atoms with Crippen molar-refractivity contribution in [3.05, 3.63) is 70.3 Å². The van der Waals surface area contributed by atoms with Gasteiger partial charge in [0.2, 0.25) is 5.91 Å². The minimum atomic E-state index is -0.0387. The monoisotopic (exact) mass is 602 g/mol. The van der Waals surface area contributed by atoms with Crippen LogP contribution in [0, 0.1) is 0 Å². The molecule has 7 nitrogen and oxygen atoms in total. The highest BCUT2D eigenvalue weighted by atomic mass is 32.1. The largest absolute Gasteiger partial charge is 0.494 e. The van der Waals surface area contributed by atoms with Crippen LogP contribution in [0.4, 0.5) is 5.69 Å². The standard InChI is InChI=1S/C35H46N4O3S/c1-3-17-38(18-4-2)34(40)11-8-20-39-32-27-29(14-12-28(32)13-15-35(39)41)42-25-6-5-19-36-21-23-37(24-22-36)31-9-7-10-33-30(31)16-26-43-33/h7,9-10,12-16,26-27H,3-6,8,11,17-25H2,1-2H3. The van der Waals surface area contributed by atoms with Crippen LogP contribution >= 0.6 is 11.3 Å². The zero-order chi connectivity index (χ0) is 30.0. The van der Waals surface area contributed by atoms with Crippen molar-refractivity contribution >= 4 is 43.9 Å². The lowest BCUT2D eigenvalue weighted by Crippen LogP contribution is -2.46. The van der Waals surface area contributed by atoms with Gasteiger partial charge in [-0.15, -0.1) is 11.3 Å². The van der Waals surface area contributed by atoms with Gasteiger partial charge in [-0.2, -0.15) is 0 Å². The van der Waals surface area contributed by atoms with Crippen LogP contribution in [-0.2, 0) is 11.3 Å². The van der Waals surface area contributed by atoms with E-state index < -0.39 is 0 Å². The summed E-state index contributed by atoms with van der Waals surface area (Å²) in [6, 6.07) is 18.4. The number of ether oxygens (including phenoxy) is 1. The van der Waals surface area contributed by atoms with Crippen molar-refractivity contribution in [2.24, 2.45) is 0 Å². The van der Waals surface area contributed by atoms with E-state index in [-0.39, 0.29) is 11.5 Å². The maximum atomic E-state index is 12.8. The van der Waals surface area contributed by atoms with E-state index >= 15 is 0 Å². The molecule has 1 aliphatic heterocycles. The Balaban J connectivity index is 1.07. The second kappa shape index (κ2) is 15.4. The molecule has 1 amide bonds. The van der Waals surface area contributed by atoms with Gasteiger partial charge in [0.15, 0.2) is 0 Å². The van der Waals surface area contributed by atoms with E-state index in [1.165, 1.54) is 15.8 Å². The fraction of sp³-hybridized carbons (Fsp3) is 0.486. The summed E-state index contributed by atoms with van der Waals surface area (Å²) < 4.78 is 9.29. The molecule has 4 aromatic rings. The maximum absolute atomic E-state index is 12.8. The highest BCUT2D eigenvalue weighted by molar-refractivity contribution is 7.17. The molecular weight excluding hydrogens is 556 g/mol. The van der Waals surface area contributed by atoms with Crippen molar-refractivity contribution < 1.29 is 9.53 Å². The summed E-state index contributed by atoms with van der Waals surface area (Å²) in [5, 5.41) is 4.57. The molecule has 8 heteroatoms. The first kappa shape index (κ1) is 31.1. The molecular formula is C35H46N4O3S. The van der Waals surface area contributed by atoms with E-state index in [0.717, 1.165) is 88.1 Å². The molecule has 0 bridgehead atoms. The number of aromatic nitrogens is 1. The highest BCUT2D eigenvalue weighted by Crippen LogP contribution is 2.31. The van der Waals surface area contributed by atoms with Crippen LogP contribution in [0.3, 0.4) is 0 Å². The van der Waals surface area contributed by atoms with Crippen molar-refractivity contribution in [3.63, 3.8) is 0 Å². The van der Waals surface area contributed by atoms with Crippen molar-refractivity contribution in [2.75, 3.05) is 57.3 Å². The number of aryl methyl sites for hydroxylation is 1. The average molecular weight is 603 g/mol. The number of carbonyl (C=O) groups excluding carboxylic acids is 1. The smallest absolute Gasteiger partial charge is 0.251 e. The van der Waals surface area contributed by atoms with E-state index in [9.17, 15) is 9.59 Å². The molecule has 0 radical (unpaired) electrons. The SMILES string of the molecule is CCCN(CCC)C(=O)CCCn1c(=O)ccc2ccc(OCCCCN3CCN(c4cccc5sccc45)CC3)cc21. The summed E-state index contributed by atoms with van der Waals surface area (Å²) in [6.07, 6.45) is 5.11. The number of benzene rings is 2. The minimum absolute atomic E-state index is 0.0387. The Labute approximate surface area is 259 Å². The number of hydrogen-bond donors (Lipinski definition) is 0. The van der Waals surface area contributed by atoms with Gasteiger partial charge in [0.05, 0.1) is 12.1 Å². The summed E-state index contributed by atoms with van der Waals surface area (Å²) in [6.45, 7) is 12.4. The molecule has 43 heavy (non-hydrogen) atoms. The van der Waals surface area contributed by atoms with Crippen LogP contribution in [0.2, 0.25) is 0 Å². The number of amides is 1. The van der Waals surface area contributed by atoms with Crippen molar-refractivity contribution in [1.29, 1.82) is 0 Å². The number of thiophene rings is 1. The van der Waals surface area contributed by atoms with Crippen LogP contribution in [0.5, 0.6) is 5.75 Å². The molecule has 230 valence electrons. The molecule has 1 aliphatic rings. The maximum Gasteiger partial charge on any atom is 0.251 e. The fourth-order valence-electron chi connectivity index (χ4n) is 6.13. The van der Waals surface area contributed by atoms with Crippen LogP contribution in [0.1, 0.15) is 52.4 Å². The number of carbonyl (C=O) groups is 1. The fourth-order valence-corrected chi connectivity index (χ4v) is 6.94. The van der Waals surface area contributed by atoms with E-state index in [4.69, 9.17) is 4.74 Å². The number of piperazine rings is 1. The molecule has 0 unspecified atom stereocenters. The van der Waals surface area contributed by atoms with E-state index in [1.807, 2.05) is 40.5 Å². The van der Waals surface area contributed by atoms with Crippen molar-refractivity contribution in [3.8, 4) is 5.75 Å². The zero-order valence-electron chi connectivity index (χ0n) is 25.8. The van der Waals surface area contributed by atoms with E-state index in [1.54, 1.807) is 10.6 Å².